The van der Waals surface area contributed by atoms with Crippen LogP contribution in [0.25, 0.3) is 10.9 Å². The summed E-state index contributed by atoms with van der Waals surface area (Å²) in [7, 11) is 0. The molecule has 1 aliphatic heterocycles. The second kappa shape index (κ2) is 4.46. The average molecular weight is 243 g/mol. The van der Waals surface area contributed by atoms with Crippen molar-refractivity contribution >= 4 is 16.8 Å². The van der Waals surface area contributed by atoms with Gasteiger partial charge in [0.2, 0.25) is 5.91 Å². The van der Waals surface area contributed by atoms with Gasteiger partial charge in [-0.3, -0.25) is 9.69 Å². The van der Waals surface area contributed by atoms with Gasteiger partial charge in [-0.15, -0.1) is 0 Å². The first kappa shape index (κ1) is 11.3. The number of H-pyrrole nitrogens is 1. The third-order valence-electron chi connectivity index (χ3n) is 3.64. The van der Waals surface area contributed by atoms with E-state index in [2.05, 4.69) is 9.88 Å². The molecule has 1 saturated heterocycles. The third-order valence-corrected chi connectivity index (χ3v) is 3.64. The highest BCUT2D eigenvalue weighted by Crippen LogP contribution is 2.22. The van der Waals surface area contributed by atoms with Crippen LogP contribution in [0.1, 0.15) is 28.8 Å². The Bertz CT molecular complexity index is 582. The van der Waals surface area contributed by atoms with Crippen LogP contribution in [0.15, 0.2) is 24.4 Å². The maximum atomic E-state index is 11.2. The molecule has 0 aliphatic carbocycles. The van der Waals surface area contributed by atoms with E-state index in [4.69, 9.17) is 5.73 Å². The van der Waals surface area contributed by atoms with Gasteiger partial charge in [0.1, 0.15) is 0 Å². The maximum absolute atomic E-state index is 11.2. The van der Waals surface area contributed by atoms with Gasteiger partial charge in [-0.1, -0.05) is 0 Å². The summed E-state index contributed by atoms with van der Waals surface area (Å²) in [5, 5.41) is 1.11. The standard InChI is InChI=1S/C14H17N3O/c15-14(18)10-3-4-13-12(7-10)11(8-16-13)9-17-5-1-2-6-17/h3-4,7-8,16H,1-2,5-6,9H2,(H2,15,18). The summed E-state index contributed by atoms with van der Waals surface area (Å²) in [6.45, 7) is 3.28. The van der Waals surface area contributed by atoms with Crippen molar-refractivity contribution in [3.63, 3.8) is 0 Å². The van der Waals surface area contributed by atoms with E-state index in [-0.39, 0.29) is 5.91 Å². The summed E-state index contributed by atoms with van der Waals surface area (Å²) in [5.74, 6) is -0.370. The van der Waals surface area contributed by atoms with E-state index in [0.29, 0.717) is 5.56 Å². The van der Waals surface area contributed by atoms with E-state index in [1.807, 2.05) is 18.3 Å². The van der Waals surface area contributed by atoms with E-state index in [1.54, 1.807) is 6.07 Å². The highest BCUT2D eigenvalue weighted by molar-refractivity contribution is 5.97. The number of likely N-dealkylation sites (tertiary alicyclic amines) is 1. The van der Waals surface area contributed by atoms with E-state index in [1.165, 1.54) is 31.5 Å². The Morgan fingerprint density at radius 2 is 2.11 bits per heavy atom. The molecule has 1 amide bonds. The predicted octanol–water partition coefficient (Wildman–Crippen LogP) is 1.86. The molecule has 1 fully saturated rings. The van der Waals surface area contributed by atoms with Crippen LogP contribution >= 0.6 is 0 Å². The van der Waals surface area contributed by atoms with Crippen LogP contribution in [-0.4, -0.2) is 28.9 Å². The molecule has 3 N–H and O–H groups in total. The molecule has 0 radical (unpaired) electrons. The molecule has 4 heteroatoms. The van der Waals surface area contributed by atoms with E-state index in [9.17, 15) is 4.79 Å². The topological polar surface area (TPSA) is 62.1 Å². The van der Waals surface area contributed by atoms with Crippen molar-refractivity contribution in [1.82, 2.24) is 9.88 Å². The van der Waals surface area contributed by atoms with Crippen LogP contribution < -0.4 is 5.73 Å². The SMILES string of the molecule is NC(=O)c1ccc2[nH]cc(CN3CCCC3)c2c1. The van der Waals surface area contributed by atoms with Crippen molar-refractivity contribution in [2.75, 3.05) is 13.1 Å². The Hall–Kier alpha value is -1.81. The fourth-order valence-corrected chi connectivity index (χ4v) is 2.64. The van der Waals surface area contributed by atoms with Crippen molar-refractivity contribution in [2.45, 2.75) is 19.4 Å². The number of hydrogen-bond acceptors (Lipinski definition) is 2. The van der Waals surface area contributed by atoms with Crippen LogP contribution in [0.3, 0.4) is 0 Å². The molecule has 1 aromatic heterocycles. The minimum absolute atomic E-state index is 0.370. The number of primary amides is 1. The minimum atomic E-state index is -0.370. The molecule has 18 heavy (non-hydrogen) atoms. The van der Waals surface area contributed by atoms with E-state index in [0.717, 1.165) is 17.4 Å². The molecule has 2 heterocycles. The first-order chi connectivity index (χ1) is 8.74. The molecule has 2 aromatic rings. The van der Waals surface area contributed by atoms with Gasteiger partial charge in [-0.25, -0.2) is 0 Å². The Labute approximate surface area is 106 Å². The quantitative estimate of drug-likeness (QED) is 0.864. The van der Waals surface area contributed by atoms with Crippen molar-refractivity contribution < 1.29 is 4.79 Å². The monoisotopic (exact) mass is 243 g/mol. The molecule has 3 rings (SSSR count). The molecule has 4 nitrogen and oxygen atoms in total. The molecule has 0 bridgehead atoms. The van der Waals surface area contributed by atoms with Gasteiger partial charge >= 0.3 is 0 Å². The highest BCUT2D eigenvalue weighted by Gasteiger charge is 2.14. The number of aromatic amines is 1. The Morgan fingerprint density at radius 1 is 1.33 bits per heavy atom. The zero-order valence-corrected chi connectivity index (χ0v) is 10.3. The van der Waals surface area contributed by atoms with Crippen LogP contribution in [0.5, 0.6) is 0 Å². The second-order valence-electron chi connectivity index (χ2n) is 4.92. The summed E-state index contributed by atoms with van der Waals surface area (Å²) in [6.07, 6.45) is 4.61. The van der Waals surface area contributed by atoms with Crippen LogP contribution in [0, 0.1) is 0 Å². The zero-order valence-electron chi connectivity index (χ0n) is 10.3. The summed E-state index contributed by atoms with van der Waals surface area (Å²) >= 11 is 0. The van der Waals surface area contributed by atoms with Crippen LogP contribution in [0.2, 0.25) is 0 Å². The Morgan fingerprint density at radius 3 is 2.83 bits per heavy atom. The summed E-state index contributed by atoms with van der Waals surface area (Å²) in [5.41, 5.74) is 8.21. The van der Waals surface area contributed by atoms with Gasteiger partial charge in [0.15, 0.2) is 0 Å². The summed E-state index contributed by atoms with van der Waals surface area (Å²) in [6, 6.07) is 5.57. The average Bonchev–Trinajstić information content (AvgIpc) is 2.99. The van der Waals surface area contributed by atoms with Gasteiger partial charge in [0.25, 0.3) is 0 Å². The molecule has 0 saturated carbocycles. The smallest absolute Gasteiger partial charge is 0.248 e. The summed E-state index contributed by atoms with van der Waals surface area (Å²) < 4.78 is 0. The van der Waals surface area contributed by atoms with E-state index >= 15 is 0 Å². The van der Waals surface area contributed by atoms with Crippen molar-refractivity contribution in [2.24, 2.45) is 5.73 Å². The first-order valence-corrected chi connectivity index (χ1v) is 6.36. The number of nitrogens with zero attached hydrogens (tertiary/aromatic N) is 1. The zero-order chi connectivity index (χ0) is 12.5. The number of fused-ring (bicyclic) bond motifs is 1. The number of amides is 1. The number of rotatable bonds is 3. The molecule has 94 valence electrons. The van der Waals surface area contributed by atoms with Crippen molar-refractivity contribution in [1.29, 1.82) is 0 Å². The lowest BCUT2D eigenvalue weighted by atomic mass is 10.1. The fraction of sp³-hybridized carbons (Fsp3) is 0.357. The van der Waals surface area contributed by atoms with E-state index < -0.39 is 0 Å². The second-order valence-corrected chi connectivity index (χ2v) is 4.92. The maximum Gasteiger partial charge on any atom is 0.248 e. The summed E-state index contributed by atoms with van der Waals surface area (Å²) in [4.78, 5) is 16.9. The van der Waals surface area contributed by atoms with Gasteiger partial charge in [-0.2, -0.15) is 0 Å². The van der Waals surface area contributed by atoms with Gasteiger partial charge in [0.05, 0.1) is 0 Å². The Balaban J connectivity index is 1.95. The lowest BCUT2D eigenvalue weighted by molar-refractivity contribution is 0.100. The van der Waals surface area contributed by atoms with Crippen molar-refractivity contribution in [3.8, 4) is 0 Å². The molecular formula is C14H17N3O. The lowest BCUT2D eigenvalue weighted by Gasteiger charge is -2.13. The molecule has 0 unspecified atom stereocenters. The normalized spacial score (nSPS) is 16.4. The molecular weight excluding hydrogens is 226 g/mol. The highest BCUT2D eigenvalue weighted by atomic mass is 16.1. The number of carbonyl (C=O) groups excluding carboxylic acids is 1. The third kappa shape index (κ3) is 1.99. The van der Waals surface area contributed by atoms with Gasteiger partial charge in [-0.05, 0) is 49.7 Å². The molecule has 1 aromatic carbocycles. The lowest BCUT2D eigenvalue weighted by Crippen LogP contribution is -2.18. The largest absolute Gasteiger partial charge is 0.366 e. The molecule has 0 spiro atoms. The number of hydrogen-bond donors (Lipinski definition) is 2. The molecule has 0 atom stereocenters. The van der Waals surface area contributed by atoms with Gasteiger partial charge < -0.3 is 10.7 Å². The van der Waals surface area contributed by atoms with Crippen LogP contribution in [-0.2, 0) is 6.54 Å². The fourth-order valence-electron chi connectivity index (χ4n) is 2.64. The van der Waals surface area contributed by atoms with Crippen molar-refractivity contribution in [3.05, 3.63) is 35.5 Å². The molecule has 1 aliphatic rings. The number of carbonyl (C=O) groups is 1. The first-order valence-electron chi connectivity index (χ1n) is 6.36. The Kier molecular flexibility index (Phi) is 2.80. The number of nitrogens with one attached hydrogen (secondary N) is 1. The number of benzene rings is 1. The number of aromatic nitrogens is 1. The van der Waals surface area contributed by atoms with Crippen LogP contribution in [0.4, 0.5) is 0 Å². The number of nitrogens with two attached hydrogens (primary N) is 1. The van der Waals surface area contributed by atoms with Gasteiger partial charge in [0, 0.05) is 29.2 Å². The predicted molar refractivity (Wildman–Crippen MR) is 71.3 cm³/mol. The minimum Gasteiger partial charge on any atom is -0.366 e.